The highest BCUT2D eigenvalue weighted by Gasteiger charge is 2.34. The molecule has 1 atom stereocenters. The Labute approximate surface area is 168 Å². The van der Waals surface area contributed by atoms with Crippen LogP contribution in [0.15, 0.2) is 41.6 Å². The minimum Gasteiger partial charge on any atom is -0.497 e. The summed E-state index contributed by atoms with van der Waals surface area (Å²) in [5.41, 5.74) is 1.29. The fourth-order valence-electron chi connectivity index (χ4n) is 3.64. The first kappa shape index (κ1) is 19.2. The summed E-state index contributed by atoms with van der Waals surface area (Å²) >= 11 is 0. The van der Waals surface area contributed by atoms with E-state index in [4.69, 9.17) is 4.74 Å². The largest absolute Gasteiger partial charge is 0.497 e. The lowest BCUT2D eigenvalue weighted by molar-refractivity contribution is -0.135. The first-order chi connectivity index (χ1) is 14.0. The Kier molecular flexibility index (Phi) is 5.08. The molecule has 1 unspecified atom stereocenters. The Morgan fingerprint density at radius 1 is 1.31 bits per heavy atom. The number of amides is 1. The SMILES string of the molecule is COc1ccc(CN(C(=O)Cn2cnc3c(cnn3C)c2=O)C(C)C2CC2)cc1. The van der Waals surface area contributed by atoms with Gasteiger partial charge in [-0.05, 0) is 43.4 Å². The second-order valence-corrected chi connectivity index (χ2v) is 7.63. The van der Waals surface area contributed by atoms with Crippen molar-refractivity contribution in [2.24, 2.45) is 13.0 Å². The van der Waals surface area contributed by atoms with Gasteiger partial charge in [0.1, 0.15) is 24.0 Å². The fourth-order valence-corrected chi connectivity index (χ4v) is 3.64. The van der Waals surface area contributed by atoms with Crippen LogP contribution in [0.2, 0.25) is 0 Å². The molecule has 1 amide bonds. The van der Waals surface area contributed by atoms with Crippen molar-refractivity contribution in [1.82, 2.24) is 24.2 Å². The van der Waals surface area contributed by atoms with Crippen molar-refractivity contribution in [3.05, 3.63) is 52.7 Å². The van der Waals surface area contributed by atoms with Gasteiger partial charge in [-0.3, -0.25) is 18.8 Å². The summed E-state index contributed by atoms with van der Waals surface area (Å²) in [5, 5.41) is 4.49. The highest BCUT2D eigenvalue weighted by Crippen LogP contribution is 2.35. The number of methoxy groups -OCH3 is 1. The summed E-state index contributed by atoms with van der Waals surface area (Å²) in [7, 11) is 3.36. The highest BCUT2D eigenvalue weighted by atomic mass is 16.5. The average Bonchev–Trinajstić information content (AvgIpc) is 3.51. The van der Waals surface area contributed by atoms with Gasteiger partial charge in [-0.1, -0.05) is 12.1 Å². The van der Waals surface area contributed by atoms with Crippen molar-refractivity contribution in [1.29, 1.82) is 0 Å². The molecule has 0 spiro atoms. The van der Waals surface area contributed by atoms with E-state index in [9.17, 15) is 9.59 Å². The van der Waals surface area contributed by atoms with Crippen LogP contribution in [0.4, 0.5) is 0 Å². The topological polar surface area (TPSA) is 82.2 Å². The highest BCUT2D eigenvalue weighted by molar-refractivity contribution is 5.77. The molecule has 0 radical (unpaired) electrons. The van der Waals surface area contributed by atoms with Crippen LogP contribution in [0.3, 0.4) is 0 Å². The van der Waals surface area contributed by atoms with Gasteiger partial charge in [-0.25, -0.2) is 4.98 Å². The van der Waals surface area contributed by atoms with Crippen LogP contribution >= 0.6 is 0 Å². The van der Waals surface area contributed by atoms with E-state index in [0.717, 1.165) is 24.2 Å². The summed E-state index contributed by atoms with van der Waals surface area (Å²) in [6, 6.07) is 7.84. The number of hydrogen-bond acceptors (Lipinski definition) is 5. The van der Waals surface area contributed by atoms with E-state index >= 15 is 0 Å². The lowest BCUT2D eigenvalue weighted by atomic mass is 10.1. The molecule has 1 saturated carbocycles. The number of carbonyl (C=O) groups is 1. The number of hydrogen-bond donors (Lipinski definition) is 0. The maximum absolute atomic E-state index is 13.2. The molecule has 1 fully saturated rings. The standard InChI is InChI=1S/C21H25N5O3/c1-14(16-6-7-16)26(11-15-4-8-17(29-3)9-5-15)19(27)12-25-13-22-20-18(21(25)28)10-23-24(20)2/h4-5,8-10,13-14,16H,6-7,11-12H2,1-3H3. The van der Waals surface area contributed by atoms with Gasteiger partial charge in [0.15, 0.2) is 5.65 Å². The minimum atomic E-state index is -0.250. The predicted octanol–water partition coefficient (Wildman–Crippen LogP) is 1.97. The molecule has 4 rings (SSSR count). The van der Waals surface area contributed by atoms with Gasteiger partial charge in [0.2, 0.25) is 5.91 Å². The van der Waals surface area contributed by atoms with E-state index in [-0.39, 0.29) is 24.1 Å². The van der Waals surface area contributed by atoms with Crippen LogP contribution in [0, 0.1) is 5.92 Å². The zero-order chi connectivity index (χ0) is 20.5. The zero-order valence-corrected chi connectivity index (χ0v) is 16.9. The first-order valence-electron chi connectivity index (χ1n) is 9.77. The van der Waals surface area contributed by atoms with Crippen LogP contribution in [-0.4, -0.2) is 43.3 Å². The number of carbonyl (C=O) groups excluding carboxylic acids is 1. The normalized spacial score (nSPS) is 14.7. The maximum atomic E-state index is 13.2. The van der Waals surface area contributed by atoms with E-state index < -0.39 is 0 Å². The second kappa shape index (κ2) is 7.69. The molecule has 152 valence electrons. The van der Waals surface area contributed by atoms with Crippen LogP contribution < -0.4 is 10.3 Å². The summed E-state index contributed by atoms with van der Waals surface area (Å²) in [6.07, 6.45) is 5.19. The third-order valence-electron chi connectivity index (χ3n) is 5.65. The molecular weight excluding hydrogens is 370 g/mol. The fraction of sp³-hybridized carbons (Fsp3) is 0.429. The summed E-state index contributed by atoms with van der Waals surface area (Å²) in [6.45, 7) is 2.55. The Morgan fingerprint density at radius 3 is 2.69 bits per heavy atom. The first-order valence-corrected chi connectivity index (χ1v) is 9.77. The van der Waals surface area contributed by atoms with Crippen molar-refractivity contribution in [3.8, 4) is 5.75 Å². The number of aryl methyl sites for hydroxylation is 1. The zero-order valence-electron chi connectivity index (χ0n) is 16.9. The van der Waals surface area contributed by atoms with E-state index in [2.05, 4.69) is 17.0 Å². The van der Waals surface area contributed by atoms with E-state index in [0.29, 0.717) is 23.5 Å². The molecule has 0 N–H and O–H groups in total. The Balaban J connectivity index is 1.57. The van der Waals surface area contributed by atoms with Gasteiger partial charge >= 0.3 is 0 Å². The van der Waals surface area contributed by atoms with Crippen LogP contribution in [0.25, 0.3) is 11.0 Å². The average molecular weight is 395 g/mol. The quantitative estimate of drug-likeness (QED) is 0.611. The van der Waals surface area contributed by atoms with Crippen molar-refractivity contribution in [2.75, 3.05) is 7.11 Å². The van der Waals surface area contributed by atoms with Crippen molar-refractivity contribution in [2.45, 2.75) is 38.9 Å². The Morgan fingerprint density at radius 2 is 2.03 bits per heavy atom. The number of rotatable bonds is 7. The number of ether oxygens (including phenoxy) is 1. The van der Waals surface area contributed by atoms with Crippen molar-refractivity contribution in [3.63, 3.8) is 0 Å². The molecule has 8 heteroatoms. The predicted molar refractivity (Wildman–Crippen MR) is 108 cm³/mol. The maximum Gasteiger partial charge on any atom is 0.264 e. The second-order valence-electron chi connectivity index (χ2n) is 7.63. The van der Waals surface area contributed by atoms with Crippen molar-refractivity contribution < 1.29 is 9.53 Å². The molecule has 0 aliphatic heterocycles. The van der Waals surface area contributed by atoms with Gasteiger partial charge in [0.05, 0.1) is 13.3 Å². The molecule has 1 aliphatic carbocycles. The number of benzene rings is 1. The molecule has 0 saturated heterocycles. The lowest BCUT2D eigenvalue weighted by Crippen LogP contribution is -2.42. The van der Waals surface area contributed by atoms with Crippen molar-refractivity contribution >= 4 is 16.9 Å². The third-order valence-corrected chi connectivity index (χ3v) is 5.65. The smallest absolute Gasteiger partial charge is 0.264 e. The molecule has 2 aromatic heterocycles. The van der Waals surface area contributed by atoms with E-state index in [1.807, 2.05) is 29.2 Å². The van der Waals surface area contributed by atoms with Crippen LogP contribution in [-0.2, 0) is 24.9 Å². The number of fused-ring (bicyclic) bond motifs is 1. The minimum absolute atomic E-state index is 0.0378. The van der Waals surface area contributed by atoms with Crippen LogP contribution in [0.1, 0.15) is 25.3 Å². The van der Waals surface area contributed by atoms with E-state index in [1.54, 1.807) is 18.8 Å². The van der Waals surface area contributed by atoms with Gasteiger partial charge in [0, 0.05) is 19.6 Å². The van der Waals surface area contributed by atoms with Crippen LogP contribution in [0.5, 0.6) is 5.75 Å². The monoisotopic (exact) mass is 395 g/mol. The molecule has 1 aromatic carbocycles. The summed E-state index contributed by atoms with van der Waals surface area (Å²) < 4.78 is 8.13. The molecule has 0 bridgehead atoms. The van der Waals surface area contributed by atoms with Gasteiger partial charge in [-0.15, -0.1) is 0 Å². The number of nitrogens with zero attached hydrogens (tertiary/aromatic N) is 5. The third kappa shape index (κ3) is 3.87. The van der Waals surface area contributed by atoms with E-state index in [1.165, 1.54) is 17.1 Å². The Hall–Kier alpha value is -3.16. The summed E-state index contributed by atoms with van der Waals surface area (Å²) in [5.74, 6) is 1.21. The number of aromatic nitrogens is 4. The molecular formula is C21H25N5O3. The molecule has 8 nitrogen and oxygen atoms in total. The van der Waals surface area contributed by atoms with Gasteiger partial charge < -0.3 is 9.64 Å². The Bertz CT molecular complexity index is 1080. The molecule has 3 aromatic rings. The molecule has 29 heavy (non-hydrogen) atoms. The van der Waals surface area contributed by atoms with Gasteiger partial charge in [-0.2, -0.15) is 5.10 Å². The molecule has 1 aliphatic rings. The summed E-state index contributed by atoms with van der Waals surface area (Å²) in [4.78, 5) is 32.1. The lowest BCUT2D eigenvalue weighted by Gasteiger charge is -2.30. The molecule has 2 heterocycles. The van der Waals surface area contributed by atoms with Gasteiger partial charge in [0.25, 0.3) is 5.56 Å².